The molecule has 18 heavy (non-hydrogen) atoms. The fraction of sp³-hybridized carbons (Fsp3) is 1.00. The highest BCUT2D eigenvalue weighted by atomic mass is 16.5. The Morgan fingerprint density at radius 1 is 1.22 bits per heavy atom. The van der Waals surface area contributed by atoms with Gasteiger partial charge in [0.1, 0.15) is 0 Å². The molecule has 1 unspecified atom stereocenters. The molecule has 0 aromatic rings. The normalized spacial score (nSPS) is 30.0. The summed E-state index contributed by atoms with van der Waals surface area (Å²) in [5.41, 5.74) is 0.425. The highest BCUT2D eigenvalue weighted by Crippen LogP contribution is 2.31. The quantitative estimate of drug-likeness (QED) is 0.834. The summed E-state index contributed by atoms with van der Waals surface area (Å²) in [5, 5.41) is 3.63. The lowest BCUT2D eigenvalue weighted by atomic mass is 9.79. The Kier molecular flexibility index (Phi) is 5.46. The van der Waals surface area contributed by atoms with Crippen LogP contribution >= 0.6 is 0 Å². The van der Waals surface area contributed by atoms with Crippen LogP contribution in [0.4, 0.5) is 0 Å². The molecule has 3 heteroatoms. The number of nitrogens with one attached hydrogen (secondary N) is 1. The van der Waals surface area contributed by atoms with Gasteiger partial charge in [0, 0.05) is 25.2 Å². The minimum Gasteiger partial charge on any atom is -0.377 e. The molecule has 1 saturated heterocycles. The number of rotatable bonds is 4. The van der Waals surface area contributed by atoms with E-state index in [0.29, 0.717) is 11.6 Å². The lowest BCUT2D eigenvalue weighted by Gasteiger charge is -2.39. The van der Waals surface area contributed by atoms with Gasteiger partial charge in [-0.05, 0) is 46.2 Å². The van der Waals surface area contributed by atoms with Gasteiger partial charge in [0.2, 0.25) is 0 Å². The summed E-state index contributed by atoms with van der Waals surface area (Å²) in [7, 11) is 2.15. The van der Waals surface area contributed by atoms with Crippen molar-refractivity contribution in [3.63, 3.8) is 0 Å². The molecule has 0 radical (unpaired) electrons. The topological polar surface area (TPSA) is 24.5 Å². The zero-order chi connectivity index (χ0) is 12.8. The van der Waals surface area contributed by atoms with Crippen molar-refractivity contribution in [2.75, 3.05) is 33.3 Å². The molecule has 0 amide bonds. The van der Waals surface area contributed by atoms with Gasteiger partial charge < -0.3 is 15.0 Å². The van der Waals surface area contributed by atoms with Crippen molar-refractivity contribution in [2.24, 2.45) is 0 Å². The average molecular weight is 254 g/mol. The first-order valence-electron chi connectivity index (χ1n) is 7.77. The number of ether oxygens (including phenoxy) is 1. The Balaban J connectivity index is 1.81. The molecule has 0 spiro atoms. The number of nitrogens with zero attached hydrogens (tertiary/aromatic N) is 1. The summed E-state index contributed by atoms with van der Waals surface area (Å²) in [5.74, 6) is 0. The van der Waals surface area contributed by atoms with Crippen LogP contribution in [0.5, 0.6) is 0 Å². The van der Waals surface area contributed by atoms with E-state index in [1.807, 2.05) is 0 Å². The van der Waals surface area contributed by atoms with Gasteiger partial charge in [-0.1, -0.05) is 19.3 Å². The Morgan fingerprint density at radius 2 is 2.00 bits per heavy atom. The van der Waals surface area contributed by atoms with Crippen molar-refractivity contribution in [2.45, 2.75) is 63.5 Å². The predicted molar refractivity (Wildman–Crippen MR) is 76.0 cm³/mol. The Hall–Kier alpha value is -0.120. The second-order valence-electron chi connectivity index (χ2n) is 6.18. The maximum absolute atomic E-state index is 5.72. The minimum absolute atomic E-state index is 0.407. The maximum Gasteiger partial charge on any atom is 0.0673 e. The predicted octanol–water partition coefficient (Wildman–Crippen LogP) is 2.41. The molecular formula is C15H30N2O. The molecular weight excluding hydrogens is 224 g/mol. The molecule has 1 aliphatic heterocycles. The monoisotopic (exact) mass is 254 g/mol. The van der Waals surface area contributed by atoms with Crippen LogP contribution in [-0.4, -0.2) is 49.8 Å². The molecule has 1 aliphatic carbocycles. The Bertz CT molecular complexity index is 239. The van der Waals surface area contributed by atoms with Crippen molar-refractivity contribution in [1.29, 1.82) is 0 Å². The van der Waals surface area contributed by atoms with Gasteiger partial charge in [-0.15, -0.1) is 0 Å². The minimum atomic E-state index is 0.407. The third-order valence-electron chi connectivity index (χ3n) is 4.78. The highest BCUT2D eigenvalue weighted by Gasteiger charge is 2.30. The van der Waals surface area contributed by atoms with E-state index in [9.17, 15) is 0 Å². The van der Waals surface area contributed by atoms with E-state index in [4.69, 9.17) is 4.74 Å². The molecule has 2 rings (SSSR count). The summed E-state index contributed by atoms with van der Waals surface area (Å²) in [6.07, 6.45) is 9.86. The fourth-order valence-corrected chi connectivity index (χ4v) is 3.51. The highest BCUT2D eigenvalue weighted by molar-refractivity contribution is 4.90. The summed E-state index contributed by atoms with van der Waals surface area (Å²) in [6, 6.07) is 0. The van der Waals surface area contributed by atoms with Gasteiger partial charge in [0.05, 0.1) is 6.10 Å². The molecule has 1 atom stereocenters. The largest absolute Gasteiger partial charge is 0.377 e. The first-order chi connectivity index (χ1) is 8.74. The van der Waals surface area contributed by atoms with Crippen LogP contribution < -0.4 is 5.32 Å². The van der Waals surface area contributed by atoms with Crippen molar-refractivity contribution >= 4 is 0 Å². The molecule has 1 heterocycles. The van der Waals surface area contributed by atoms with Crippen LogP contribution in [0, 0.1) is 0 Å². The molecule has 0 aromatic heterocycles. The van der Waals surface area contributed by atoms with Gasteiger partial charge in [-0.3, -0.25) is 0 Å². The van der Waals surface area contributed by atoms with Gasteiger partial charge in [0.25, 0.3) is 0 Å². The van der Waals surface area contributed by atoms with E-state index in [1.165, 1.54) is 58.0 Å². The Labute approximate surface area is 112 Å². The molecule has 2 fully saturated rings. The SMILES string of the molecule is CNC1(CCN2CCCOC(C)C2)CCCCC1. The van der Waals surface area contributed by atoms with Gasteiger partial charge in [-0.2, -0.15) is 0 Å². The van der Waals surface area contributed by atoms with E-state index >= 15 is 0 Å². The molecule has 0 aromatic carbocycles. The molecule has 1 saturated carbocycles. The van der Waals surface area contributed by atoms with E-state index in [-0.39, 0.29) is 0 Å². The van der Waals surface area contributed by atoms with E-state index in [0.717, 1.165) is 13.2 Å². The molecule has 3 nitrogen and oxygen atoms in total. The molecule has 2 aliphatic rings. The van der Waals surface area contributed by atoms with Gasteiger partial charge >= 0.3 is 0 Å². The molecule has 1 N–H and O–H groups in total. The van der Waals surface area contributed by atoms with Crippen LogP contribution in [-0.2, 0) is 4.74 Å². The van der Waals surface area contributed by atoms with Crippen molar-refractivity contribution in [3.05, 3.63) is 0 Å². The Morgan fingerprint density at radius 3 is 2.72 bits per heavy atom. The van der Waals surface area contributed by atoms with E-state index in [2.05, 4.69) is 24.2 Å². The third kappa shape index (κ3) is 3.94. The third-order valence-corrected chi connectivity index (χ3v) is 4.78. The van der Waals surface area contributed by atoms with Crippen LogP contribution in [0.1, 0.15) is 51.9 Å². The zero-order valence-electron chi connectivity index (χ0n) is 12.2. The first-order valence-corrected chi connectivity index (χ1v) is 7.77. The van der Waals surface area contributed by atoms with Crippen LogP contribution in [0.25, 0.3) is 0 Å². The van der Waals surface area contributed by atoms with Crippen LogP contribution in [0.15, 0.2) is 0 Å². The van der Waals surface area contributed by atoms with Crippen LogP contribution in [0.3, 0.4) is 0 Å². The molecule has 106 valence electrons. The number of hydrogen-bond acceptors (Lipinski definition) is 3. The number of hydrogen-bond donors (Lipinski definition) is 1. The summed E-state index contributed by atoms with van der Waals surface area (Å²) in [4.78, 5) is 2.60. The summed E-state index contributed by atoms with van der Waals surface area (Å²) >= 11 is 0. The summed E-state index contributed by atoms with van der Waals surface area (Å²) in [6.45, 7) is 6.69. The molecule has 0 bridgehead atoms. The zero-order valence-corrected chi connectivity index (χ0v) is 12.2. The standard InChI is InChI=1S/C15H30N2O/c1-14-13-17(10-6-12-18-14)11-9-15(16-2)7-4-3-5-8-15/h14,16H,3-13H2,1-2H3. The van der Waals surface area contributed by atoms with Crippen molar-refractivity contribution in [1.82, 2.24) is 10.2 Å². The average Bonchev–Trinajstić information content (AvgIpc) is 2.62. The van der Waals surface area contributed by atoms with Crippen LogP contribution in [0.2, 0.25) is 0 Å². The fourth-order valence-electron chi connectivity index (χ4n) is 3.51. The lowest BCUT2D eigenvalue weighted by Crippen LogP contribution is -2.47. The van der Waals surface area contributed by atoms with E-state index in [1.54, 1.807) is 0 Å². The van der Waals surface area contributed by atoms with E-state index < -0.39 is 0 Å². The first kappa shape index (κ1) is 14.3. The van der Waals surface area contributed by atoms with Gasteiger partial charge in [0.15, 0.2) is 0 Å². The maximum atomic E-state index is 5.72. The lowest BCUT2D eigenvalue weighted by molar-refractivity contribution is 0.0655. The van der Waals surface area contributed by atoms with Crippen molar-refractivity contribution in [3.8, 4) is 0 Å². The van der Waals surface area contributed by atoms with Crippen molar-refractivity contribution < 1.29 is 4.74 Å². The van der Waals surface area contributed by atoms with Gasteiger partial charge in [-0.25, -0.2) is 0 Å². The second kappa shape index (κ2) is 6.88. The second-order valence-corrected chi connectivity index (χ2v) is 6.18. The smallest absolute Gasteiger partial charge is 0.0673 e. The summed E-state index contributed by atoms with van der Waals surface area (Å²) < 4.78 is 5.72.